The molecule has 1 N–H and O–H groups in total. The van der Waals surface area contributed by atoms with Crippen molar-refractivity contribution >= 4 is 0 Å². The molecule has 2 atom stereocenters. The van der Waals surface area contributed by atoms with Gasteiger partial charge in [0.1, 0.15) is 0 Å². The van der Waals surface area contributed by atoms with Gasteiger partial charge in [-0.25, -0.2) is 0 Å². The van der Waals surface area contributed by atoms with E-state index < -0.39 is 0 Å². The van der Waals surface area contributed by atoms with E-state index in [9.17, 15) is 0 Å². The first-order chi connectivity index (χ1) is 7.75. The van der Waals surface area contributed by atoms with Crippen LogP contribution in [0.5, 0.6) is 0 Å². The molecule has 1 saturated heterocycles. The predicted molar refractivity (Wildman–Crippen MR) is 69.6 cm³/mol. The molecule has 0 aromatic carbocycles. The highest BCUT2D eigenvalue weighted by Crippen LogP contribution is 2.27. The average molecular weight is 224 g/mol. The largest absolute Gasteiger partial charge is 0.314 e. The summed E-state index contributed by atoms with van der Waals surface area (Å²) in [7, 11) is 2.26. The van der Waals surface area contributed by atoms with E-state index in [0.717, 1.165) is 17.9 Å². The first kappa shape index (κ1) is 12.4. The zero-order chi connectivity index (χ0) is 11.4. The molecule has 16 heavy (non-hydrogen) atoms. The molecular formula is C14H28N2. The average Bonchev–Trinajstić information content (AvgIpc) is 2.79. The Morgan fingerprint density at radius 2 is 1.94 bits per heavy atom. The van der Waals surface area contributed by atoms with Crippen LogP contribution in [0.2, 0.25) is 0 Å². The minimum absolute atomic E-state index is 0.745. The number of hydrogen-bond donors (Lipinski definition) is 1. The number of rotatable bonds is 4. The van der Waals surface area contributed by atoms with Crippen molar-refractivity contribution in [3.63, 3.8) is 0 Å². The lowest BCUT2D eigenvalue weighted by Gasteiger charge is -2.31. The van der Waals surface area contributed by atoms with Crippen LogP contribution in [0.4, 0.5) is 0 Å². The third kappa shape index (κ3) is 3.46. The lowest BCUT2D eigenvalue weighted by atomic mass is 9.96. The van der Waals surface area contributed by atoms with Crippen LogP contribution >= 0.6 is 0 Å². The number of nitrogens with zero attached hydrogens (tertiary/aromatic N) is 1. The van der Waals surface area contributed by atoms with Crippen LogP contribution in [0.15, 0.2) is 0 Å². The zero-order valence-electron chi connectivity index (χ0n) is 11.0. The van der Waals surface area contributed by atoms with Gasteiger partial charge >= 0.3 is 0 Å². The van der Waals surface area contributed by atoms with Gasteiger partial charge in [-0.2, -0.15) is 0 Å². The van der Waals surface area contributed by atoms with E-state index in [0.29, 0.717) is 0 Å². The Morgan fingerprint density at radius 3 is 2.62 bits per heavy atom. The van der Waals surface area contributed by atoms with Gasteiger partial charge < -0.3 is 10.2 Å². The highest BCUT2D eigenvalue weighted by Gasteiger charge is 2.23. The summed E-state index contributed by atoms with van der Waals surface area (Å²) in [6.45, 7) is 6.23. The van der Waals surface area contributed by atoms with Gasteiger partial charge in [0.05, 0.1) is 0 Å². The van der Waals surface area contributed by atoms with E-state index >= 15 is 0 Å². The molecule has 0 aromatic rings. The van der Waals surface area contributed by atoms with Gasteiger partial charge in [0, 0.05) is 12.6 Å². The summed E-state index contributed by atoms with van der Waals surface area (Å²) in [5, 5.41) is 3.79. The van der Waals surface area contributed by atoms with Crippen molar-refractivity contribution in [2.75, 3.05) is 26.7 Å². The van der Waals surface area contributed by atoms with Gasteiger partial charge in [0.15, 0.2) is 0 Å². The van der Waals surface area contributed by atoms with Crippen molar-refractivity contribution in [2.45, 2.75) is 51.5 Å². The second kappa shape index (κ2) is 6.02. The normalized spacial score (nSPS) is 30.8. The molecule has 0 aromatic heterocycles. The summed E-state index contributed by atoms with van der Waals surface area (Å²) in [6, 6.07) is 0.745. The Morgan fingerprint density at radius 1 is 1.19 bits per heavy atom. The van der Waals surface area contributed by atoms with E-state index in [1.807, 2.05) is 0 Å². The highest BCUT2D eigenvalue weighted by molar-refractivity contribution is 4.79. The van der Waals surface area contributed by atoms with Crippen molar-refractivity contribution in [1.29, 1.82) is 0 Å². The maximum absolute atomic E-state index is 3.79. The highest BCUT2D eigenvalue weighted by atomic mass is 15.1. The second-order valence-electron chi connectivity index (χ2n) is 6.01. The summed E-state index contributed by atoms with van der Waals surface area (Å²) < 4.78 is 0. The molecule has 1 heterocycles. The standard InChI is InChI=1S/C14H28N2/c1-12(14-7-3-4-8-14)15-10-13-6-5-9-16(2)11-13/h12-15H,3-11H2,1-2H3/t12-,13?/m0/s1. The van der Waals surface area contributed by atoms with Crippen molar-refractivity contribution in [1.82, 2.24) is 10.2 Å². The molecule has 2 fully saturated rings. The molecular weight excluding hydrogens is 196 g/mol. The van der Waals surface area contributed by atoms with Crippen molar-refractivity contribution < 1.29 is 0 Å². The van der Waals surface area contributed by atoms with E-state index in [2.05, 4.69) is 24.2 Å². The third-order valence-corrected chi connectivity index (χ3v) is 4.56. The molecule has 0 amide bonds. The lowest BCUT2D eigenvalue weighted by molar-refractivity contribution is 0.199. The summed E-state index contributed by atoms with van der Waals surface area (Å²) in [5.41, 5.74) is 0. The number of piperidine rings is 1. The Hall–Kier alpha value is -0.0800. The monoisotopic (exact) mass is 224 g/mol. The van der Waals surface area contributed by atoms with Crippen LogP contribution in [-0.4, -0.2) is 37.6 Å². The first-order valence-corrected chi connectivity index (χ1v) is 7.17. The molecule has 1 saturated carbocycles. The number of nitrogens with one attached hydrogen (secondary N) is 1. The Balaban J connectivity index is 1.65. The molecule has 0 bridgehead atoms. The summed E-state index contributed by atoms with van der Waals surface area (Å²) in [6.07, 6.45) is 8.65. The molecule has 94 valence electrons. The van der Waals surface area contributed by atoms with Crippen LogP contribution < -0.4 is 5.32 Å². The molecule has 2 nitrogen and oxygen atoms in total. The van der Waals surface area contributed by atoms with E-state index in [4.69, 9.17) is 0 Å². The van der Waals surface area contributed by atoms with Gasteiger partial charge in [-0.05, 0) is 64.6 Å². The maximum atomic E-state index is 3.79. The van der Waals surface area contributed by atoms with Crippen LogP contribution in [-0.2, 0) is 0 Å². The quantitative estimate of drug-likeness (QED) is 0.789. The zero-order valence-corrected chi connectivity index (χ0v) is 11.0. The summed E-state index contributed by atoms with van der Waals surface area (Å²) in [5.74, 6) is 1.85. The van der Waals surface area contributed by atoms with Crippen LogP contribution in [0.3, 0.4) is 0 Å². The molecule has 0 radical (unpaired) electrons. The molecule has 0 spiro atoms. The topological polar surface area (TPSA) is 15.3 Å². The van der Waals surface area contributed by atoms with Gasteiger partial charge in [-0.1, -0.05) is 12.8 Å². The SMILES string of the molecule is C[C@H](NCC1CCCN(C)C1)C1CCCC1. The second-order valence-corrected chi connectivity index (χ2v) is 6.01. The van der Waals surface area contributed by atoms with Crippen LogP contribution in [0.1, 0.15) is 45.4 Å². The maximum Gasteiger partial charge on any atom is 0.00671 e. The Labute approximate surface area is 101 Å². The van der Waals surface area contributed by atoms with E-state index in [1.54, 1.807) is 0 Å². The molecule has 2 rings (SSSR count). The molecule has 2 aliphatic rings. The first-order valence-electron chi connectivity index (χ1n) is 7.17. The number of hydrogen-bond acceptors (Lipinski definition) is 2. The molecule has 1 unspecified atom stereocenters. The fraction of sp³-hybridized carbons (Fsp3) is 1.00. The van der Waals surface area contributed by atoms with Crippen molar-refractivity contribution in [3.05, 3.63) is 0 Å². The number of likely N-dealkylation sites (tertiary alicyclic amines) is 1. The Kier molecular flexibility index (Phi) is 4.66. The van der Waals surface area contributed by atoms with Crippen molar-refractivity contribution in [3.8, 4) is 0 Å². The lowest BCUT2D eigenvalue weighted by Crippen LogP contribution is -2.41. The van der Waals surface area contributed by atoms with E-state index in [-0.39, 0.29) is 0 Å². The Bertz CT molecular complexity index is 197. The molecule has 2 heteroatoms. The molecule has 1 aliphatic heterocycles. The fourth-order valence-corrected chi connectivity index (χ4v) is 3.42. The smallest absolute Gasteiger partial charge is 0.00671 e. The third-order valence-electron chi connectivity index (χ3n) is 4.56. The van der Waals surface area contributed by atoms with Crippen LogP contribution in [0, 0.1) is 11.8 Å². The summed E-state index contributed by atoms with van der Waals surface area (Å²) in [4.78, 5) is 2.48. The van der Waals surface area contributed by atoms with Gasteiger partial charge in [0.25, 0.3) is 0 Å². The van der Waals surface area contributed by atoms with E-state index in [1.165, 1.54) is 58.2 Å². The molecule has 1 aliphatic carbocycles. The minimum atomic E-state index is 0.745. The van der Waals surface area contributed by atoms with Crippen molar-refractivity contribution in [2.24, 2.45) is 11.8 Å². The van der Waals surface area contributed by atoms with Gasteiger partial charge in [-0.3, -0.25) is 0 Å². The summed E-state index contributed by atoms with van der Waals surface area (Å²) >= 11 is 0. The predicted octanol–water partition coefficient (Wildman–Crippen LogP) is 2.50. The van der Waals surface area contributed by atoms with Crippen LogP contribution in [0.25, 0.3) is 0 Å². The minimum Gasteiger partial charge on any atom is -0.314 e. The van der Waals surface area contributed by atoms with Gasteiger partial charge in [-0.15, -0.1) is 0 Å². The van der Waals surface area contributed by atoms with Gasteiger partial charge in [0.2, 0.25) is 0 Å². The fourth-order valence-electron chi connectivity index (χ4n) is 3.42.